The summed E-state index contributed by atoms with van der Waals surface area (Å²) in [5.41, 5.74) is -2.75. The second kappa shape index (κ2) is 5.48. The van der Waals surface area contributed by atoms with Crippen LogP contribution in [0.25, 0.3) is 0 Å². The van der Waals surface area contributed by atoms with Gasteiger partial charge in [0.2, 0.25) is 0 Å². The van der Waals surface area contributed by atoms with Crippen LogP contribution >= 0.6 is 0 Å². The van der Waals surface area contributed by atoms with Crippen LogP contribution in [0.3, 0.4) is 0 Å². The van der Waals surface area contributed by atoms with Gasteiger partial charge in [0.25, 0.3) is 9.84 Å². The largest absolute Gasteiger partial charge is 0.501 e. The summed E-state index contributed by atoms with van der Waals surface area (Å²) in [4.78, 5) is 9.32. The molecule has 0 N–H and O–H groups in total. The molecule has 1 aromatic carbocycles. The molecule has 2 heterocycles. The maximum atomic E-state index is 12.5. The molecule has 0 amide bonds. The average molecular weight is 343 g/mol. The van der Waals surface area contributed by atoms with Gasteiger partial charge in [0.05, 0.1) is 17.1 Å². The molecule has 0 aliphatic carbocycles. The highest BCUT2D eigenvalue weighted by Gasteiger charge is 2.46. The number of benzene rings is 1. The fourth-order valence-corrected chi connectivity index (χ4v) is 3.20. The van der Waals surface area contributed by atoms with Crippen LogP contribution in [0.15, 0.2) is 41.7 Å². The molecule has 0 unspecified atom stereocenters. The third-order valence-corrected chi connectivity index (χ3v) is 5.19. The number of hydrogen-bond acceptors (Lipinski definition) is 5. The van der Waals surface area contributed by atoms with E-state index in [0.29, 0.717) is 18.8 Å². The minimum atomic E-state index is -5.31. The highest BCUT2D eigenvalue weighted by molar-refractivity contribution is 7.92. The number of fused-ring (bicyclic) bond motifs is 1. The lowest BCUT2D eigenvalue weighted by Crippen LogP contribution is -2.31. The van der Waals surface area contributed by atoms with Gasteiger partial charge in [0, 0.05) is 18.4 Å². The van der Waals surface area contributed by atoms with Gasteiger partial charge in [-0.2, -0.15) is 13.2 Å². The van der Waals surface area contributed by atoms with Gasteiger partial charge in [-0.1, -0.05) is 0 Å². The lowest BCUT2D eigenvalue weighted by atomic mass is 10.1. The Balaban J connectivity index is 1.84. The maximum Gasteiger partial charge on any atom is 0.501 e. The summed E-state index contributed by atoms with van der Waals surface area (Å²) in [5, 5.41) is 0. The monoisotopic (exact) mass is 343 g/mol. The van der Waals surface area contributed by atoms with Crippen molar-refractivity contribution in [3.8, 4) is 0 Å². The van der Waals surface area contributed by atoms with Crippen molar-refractivity contribution >= 4 is 15.5 Å². The standard InChI is InChI=1S/C14H12F3N3O2S/c15-14(16,17)23(21,22)12-3-1-11(2-4-12)20-6-5-10-7-18-9-19-13(10)8-20/h1-4,7,9H,5-6,8H2. The zero-order chi connectivity index (χ0) is 16.7. The van der Waals surface area contributed by atoms with E-state index >= 15 is 0 Å². The van der Waals surface area contributed by atoms with E-state index in [1.54, 1.807) is 6.20 Å². The van der Waals surface area contributed by atoms with E-state index in [9.17, 15) is 21.6 Å². The van der Waals surface area contributed by atoms with Crippen molar-refractivity contribution < 1.29 is 21.6 Å². The van der Waals surface area contributed by atoms with Crippen molar-refractivity contribution in [2.24, 2.45) is 0 Å². The van der Waals surface area contributed by atoms with Gasteiger partial charge in [-0.05, 0) is 36.2 Å². The van der Waals surface area contributed by atoms with E-state index in [1.165, 1.54) is 18.5 Å². The summed E-state index contributed by atoms with van der Waals surface area (Å²) in [6, 6.07) is 4.72. The van der Waals surface area contributed by atoms with Crippen LogP contribution in [-0.2, 0) is 22.8 Å². The molecule has 0 saturated heterocycles. The second-order valence-electron chi connectivity index (χ2n) is 5.11. The van der Waals surface area contributed by atoms with Crippen LogP contribution in [-0.4, -0.2) is 30.4 Å². The van der Waals surface area contributed by atoms with E-state index in [0.717, 1.165) is 29.8 Å². The van der Waals surface area contributed by atoms with Crippen LogP contribution in [0.4, 0.5) is 18.9 Å². The van der Waals surface area contributed by atoms with Gasteiger partial charge in [0.15, 0.2) is 0 Å². The smallest absolute Gasteiger partial charge is 0.365 e. The van der Waals surface area contributed by atoms with Gasteiger partial charge in [0.1, 0.15) is 6.33 Å². The number of alkyl halides is 3. The first-order valence-corrected chi connectivity index (χ1v) is 8.21. The lowest BCUT2D eigenvalue weighted by Gasteiger charge is -2.29. The van der Waals surface area contributed by atoms with Crippen molar-refractivity contribution in [3.05, 3.63) is 48.0 Å². The summed E-state index contributed by atoms with van der Waals surface area (Å²) in [7, 11) is -5.31. The molecule has 0 saturated carbocycles. The molecule has 2 aromatic rings. The molecule has 0 fully saturated rings. The van der Waals surface area contributed by atoms with Crippen molar-refractivity contribution in [2.75, 3.05) is 11.4 Å². The molecule has 1 aromatic heterocycles. The van der Waals surface area contributed by atoms with Crippen molar-refractivity contribution in [2.45, 2.75) is 23.4 Å². The summed E-state index contributed by atoms with van der Waals surface area (Å²) in [5.74, 6) is 0. The summed E-state index contributed by atoms with van der Waals surface area (Å²) >= 11 is 0. The Bertz CT molecular complexity index is 820. The third-order valence-electron chi connectivity index (χ3n) is 3.69. The number of sulfone groups is 1. The van der Waals surface area contributed by atoms with E-state index in [-0.39, 0.29) is 0 Å². The third kappa shape index (κ3) is 2.88. The maximum absolute atomic E-state index is 12.5. The van der Waals surface area contributed by atoms with Crippen molar-refractivity contribution in [1.29, 1.82) is 0 Å². The zero-order valence-electron chi connectivity index (χ0n) is 11.8. The number of anilines is 1. The van der Waals surface area contributed by atoms with E-state index in [4.69, 9.17) is 0 Å². The molecule has 0 bridgehead atoms. The summed E-state index contributed by atoms with van der Waals surface area (Å²) in [6.45, 7) is 1.16. The topological polar surface area (TPSA) is 63.2 Å². The molecule has 0 spiro atoms. The number of rotatable bonds is 2. The molecule has 3 rings (SSSR count). The first-order valence-electron chi connectivity index (χ1n) is 6.73. The molecular formula is C14H12F3N3O2S. The first kappa shape index (κ1) is 15.7. The SMILES string of the molecule is O=S(=O)(c1ccc(N2CCc3cncnc3C2)cc1)C(F)(F)F. The Labute approximate surface area is 130 Å². The van der Waals surface area contributed by atoms with Crippen LogP contribution in [0, 0.1) is 0 Å². The molecule has 9 heteroatoms. The second-order valence-corrected chi connectivity index (χ2v) is 7.05. The molecule has 5 nitrogen and oxygen atoms in total. The predicted molar refractivity (Wildman–Crippen MR) is 76.5 cm³/mol. The highest BCUT2D eigenvalue weighted by atomic mass is 32.2. The molecular weight excluding hydrogens is 331 g/mol. The van der Waals surface area contributed by atoms with Crippen LogP contribution < -0.4 is 4.90 Å². The van der Waals surface area contributed by atoms with Crippen LogP contribution in [0.2, 0.25) is 0 Å². The molecule has 0 radical (unpaired) electrons. The summed E-state index contributed by atoms with van der Waals surface area (Å²) in [6.07, 6.45) is 3.92. The Morgan fingerprint density at radius 3 is 2.48 bits per heavy atom. The molecule has 0 atom stereocenters. The highest BCUT2D eigenvalue weighted by Crippen LogP contribution is 2.31. The molecule has 1 aliphatic heterocycles. The Hall–Kier alpha value is -2.16. The number of nitrogens with zero attached hydrogens (tertiary/aromatic N) is 3. The van der Waals surface area contributed by atoms with Gasteiger partial charge in [-0.25, -0.2) is 18.4 Å². The van der Waals surface area contributed by atoms with Crippen LogP contribution in [0.1, 0.15) is 11.3 Å². The minimum absolute atomic E-state index is 0.503. The Morgan fingerprint density at radius 2 is 1.83 bits per heavy atom. The number of hydrogen-bond donors (Lipinski definition) is 0. The van der Waals surface area contributed by atoms with Gasteiger partial charge < -0.3 is 4.90 Å². The van der Waals surface area contributed by atoms with Crippen LogP contribution in [0.5, 0.6) is 0 Å². The summed E-state index contributed by atoms with van der Waals surface area (Å²) < 4.78 is 60.3. The van der Waals surface area contributed by atoms with Gasteiger partial charge in [-0.15, -0.1) is 0 Å². The Morgan fingerprint density at radius 1 is 1.13 bits per heavy atom. The van der Waals surface area contributed by atoms with Crippen molar-refractivity contribution in [3.63, 3.8) is 0 Å². The fourth-order valence-electron chi connectivity index (χ4n) is 2.44. The Kier molecular flexibility index (Phi) is 3.75. The van der Waals surface area contributed by atoms with E-state index in [1.807, 2.05) is 4.90 Å². The quantitative estimate of drug-likeness (QED) is 0.837. The fraction of sp³-hybridized carbons (Fsp3) is 0.286. The normalized spacial score (nSPS) is 15.3. The first-order chi connectivity index (χ1) is 10.8. The van der Waals surface area contributed by atoms with Crippen molar-refractivity contribution in [1.82, 2.24) is 9.97 Å². The molecule has 1 aliphatic rings. The van der Waals surface area contributed by atoms with Gasteiger partial charge in [-0.3, -0.25) is 0 Å². The molecule has 23 heavy (non-hydrogen) atoms. The van der Waals surface area contributed by atoms with E-state index < -0.39 is 20.2 Å². The van der Waals surface area contributed by atoms with E-state index in [2.05, 4.69) is 9.97 Å². The van der Waals surface area contributed by atoms with Gasteiger partial charge >= 0.3 is 5.51 Å². The molecule has 122 valence electrons. The number of halogens is 3. The minimum Gasteiger partial charge on any atom is -0.365 e. The predicted octanol–water partition coefficient (Wildman–Crippen LogP) is 2.33. The average Bonchev–Trinajstić information content (AvgIpc) is 2.53. The number of aromatic nitrogens is 2. The lowest BCUT2D eigenvalue weighted by molar-refractivity contribution is -0.0436. The zero-order valence-corrected chi connectivity index (χ0v) is 12.6.